The normalized spacial score (nSPS) is 20.5. The first kappa shape index (κ1) is 33.6. The van der Waals surface area contributed by atoms with Crippen molar-refractivity contribution in [2.45, 2.75) is 71.3 Å². The minimum atomic E-state index is 0.129. The van der Waals surface area contributed by atoms with Crippen LogP contribution >= 0.6 is 0 Å². The number of hydrazine groups is 1. The lowest BCUT2D eigenvalue weighted by atomic mass is 9.77. The van der Waals surface area contributed by atoms with Gasteiger partial charge in [0.15, 0.2) is 5.78 Å². The molecule has 41 heavy (non-hydrogen) atoms. The van der Waals surface area contributed by atoms with E-state index in [1.54, 1.807) is 19.6 Å². The van der Waals surface area contributed by atoms with Crippen molar-refractivity contribution in [2.75, 3.05) is 20.3 Å². The number of ketones is 2. The number of hydrogen-bond acceptors (Lipinski definition) is 6. The number of benzene rings is 1. The zero-order chi connectivity index (χ0) is 29.9. The molecule has 2 fully saturated rings. The standard InChI is InChI=1S/C18H22O2.C14H26N6O/c1-2-17(19)12-15-8-10-16(11-9-15)18(20)13-14-6-4-3-5-7-14;1-11(2)12(9-19-20-14(15)16-3)8-17-10-18-13-4-6-21-7-5-13/h2-7,15-16H,1,8-13H2;8-11,13,19H,4-7H2,1-3H3,(H3,15,16,20). The van der Waals surface area contributed by atoms with Gasteiger partial charge in [-0.05, 0) is 67.6 Å². The molecule has 1 aliphatic carbocycles. The number of ether oxygens (including phenoxy) is 1. The fourth-order valence-corrected chi connectivity index (χ4v) is 4.69. The van der Waals surface area contributed by atoms with Gasteiger partial charge in [-0.1, -0.05) is 50.8 Å². The third-order valence-corrected chi connectivity index (χ3v) is 7.35. The maximum atomic E-state index is 12.3. The zero-order valence-electron chi connectivity index (χ0n) is 24.9. The lowest BCUT2D eigenvalue weighted by molar-refractivity contribution is -0.123. The van der Waals surface area contributed by atoms with Gasteiger partial charge in [-0.3, -0.25) is 25.0 Å². The topological polar surface area (TPSA) is 131 Å². The van der Waals surface area contributed by atoms with Crippen LogP contribution in [0.25, 0.3) is 0 Å². The van der Waals surface area contributed by atoms with E-state index in [4.69, 9.17) is 10.5 Å². The number of nitrogens with two attached hydrogens (primary N) is 1. The largest absolute Gasteiger partial charge is 0.381 e. The Hall–Kier alpha value is -3.59. The smallest absolute Gasteiger partial charge is 0.207 e. The highest BCUT2D eigenvalue weighted by molar-refractivity contribution is 5.89. The van der Waals surface area contributed by atoms with Crippen LogP contribution in [0.2, 0.25) is 0 Å². The number of Topliss-reactive ketones (excluding diaryl/α,β-unsaturated/α-hetero) is 1. The van der Waals surface area contributed by atoms with Crippen LogP contribution in [0, 0.1) is 17.8 Å². The minimum absolute atomic E-state index is 0.129. The summed E-state index contributed by atoms with van der Waals surface area (Å²) in [5.41, 5.74) is 13.3. The first-order valence-corrected chi connectivity index (χ1v) is 14.6. The minimum Gasteiger partial charge on any atom is -0.381 e. The summed E-state index contributed by atoms with van der Waals surface area (Å²) in [5.74, 6) is 1.77. The molecule has 1 saturated carbocycles. The molecular formula is C32H48N6O3. The summed E-state index contributed by atoms with van der Waals surface area (Å²) in [6, 6.07) is 10.3. The van der Waals surface area contributed by atoms with Gasteiger partial charge in [0.2, 0.25) is 5.96 Å². The summed E-state index contributed by atoms with van der Waals surface area (Å²) in [5, 5.41) is 0. The Balaban J connectivity index is 0.000000287. The van der Waals surface area contributed by atoms with Crippen molar-refractivity contribution < 1.29 is 14.3 Å². The molecule has 0 spiro atoms. The van der Waals surface area contributed by atoms with Crippen LogP contribution in [0.3, 0.4) is 0 Å². The van der Waals surface area contributed by atoms with Crippen LogP contribution in [0.5, 0.6) is 0 Å². The van der Waals surface area contributed by atoms with Crippen molar-refractivity contribution >= 4 is 30.1 Å². The maximum absolute atomic E-state index is 12.3. The SMILES string of the molecule is C=CC(=O)CC1CCC(C(=O)Cc2ccccc2)CC1.CN=C(N)NNC=C(C=NC=NC1CCOCC1)C(C)C. The zero-order valence-corrected chi connectivity index (χ0v) is 24.9. The Kier molecular flexibility index (Phi) is 16.0. The maximum Gasteiger partial charge on any atom is 0.207 e. The Morgan fingerprint density at radius 3 is 2.39 bits per heavy atom. The van der Waals surface area contributed by atoms with Crippen LogP contribution in [0.15, 0.2) is 69.7 Å². The number of nitrogens with one attached hydrogen (secondary N) is 2. The van der Waals surface area contributed by atoms with Gasteiger partial charge >= 0.3 is 0 Å². The third-order valence-electron chi connectivity index (χ3n) is 7.35. The number of aliphatic imine (C=N–C) groups is 3. The number of allylic oxidation sites excluding steroid dienone is 2. The Labute approximate surface area is 245 Å². The summed E-state index contributed by atoms with van der Waals surface area (Å²) >= 11 is 0. The van der Waals surface area contributed by atoms with Crippen molar-refractivity contribution in [1.82, 2.24) is 10.9 Å². The van der Waals surface area contributed by atoms with E-state index in [-0.39, 0.29) is 11.7 Å². The molecule has 3 rings (SSSR count). The molecule has 0 unspecified atom stereocenters. The average molecular weight is 565 g/mol. The van der Waals surface area contributed by atoms with E-state index in [0.717, 1.165) is 62.9 Å². The second-order valence-electron chi connectivity index (χ2n) is 10.8. The van der Waals surface area contributed by atoms with E-state index in [2.05, 4.69) is 46.3 Å². The van der Waals surface area contributed by atoms with Gasteiger partial charge in [0.25, 0.3) is 0 Å². The molecule has 0 atom stereocenters. The first-order chi connectivity index (χ1) is 19.8. The quantitative estimate of drug-likeness (QED) is 0.147. The van der Waals surface area contributed by atoms with E-state index in [1.165, 1.54) is 6.08 Å². The molecule has 2 aliphatic rings. The van der Waals surface area contributed by atoms with Crippen molar-refractivity contribution in [3.8, 4) is 0 Å². The van der Waals surface area contributed by atoms with Gasteiger partial charge in [0.1, 0.15) is 12.1 Å². The first-order valence-electron chi connectivity index (χ1n) is 14.6. The molecule has 9 heteroatoms. The second-order valence-corrected chi connectivity index (χ2v) is 10.8. The molecule has 0 amide bonds. The summed E-state index contributed by atoms with van der Waals surface area (Å²) < 4.78 is 5.29. The lowest BCUT2D eigenvalue weighted by Crippen LogP contribution is -2.39. The van der Waals surface area contributed by atoms with Crippen LogP contribution in [0.1, 0.15) is 64.4 Å². The van der Waals surface area contributed by atoms with Gasteiger partial charge in [-0.25, -0.2) is 4.99 Å². The van der Waals surface area contributed by atoms with Gasteiger partial charge in [-0.2, -0.15) is 0 Å². The van der Waals surface area contributed by atoms with Gasteiger partial charge in [0, 0.05) is 51.4 Å². The molecular weight excluding hydrogens is 516 g/mol. The number of nitrogens with zero attached hydrogens (tertiary/aromatic N) is 3. The molecule has 224 valence electrons. The number of carbonyl (C=O) groups is 2. The highest BCUT2D eigenvalue weighted by atomic mass is 16.5. The van der Waals surface area contributed by atoms with E-state index >= 15 is 0 Å². The van der Waals surface area contributed by atoms with Crippen molar-refractivity contribution in [3.05, 3.63) is 60.3 Å². The van der Waals surface area contributed by atoms with Crippen LogP contribution < -0.4 is 16.6 Å². The fourth-order valence-electron chi connectivity index (χ4n) is 4.69. The molecule has 4 N–H and O–H groups in total. The second kappa shape index (κ2) is 19.5. The molecule has 1 heterocycles. The van der Waals surface area contributed by atoms with E-state index in [1.807, 2.05) is 36.5 Å². The van der Waals surface area contributed by atoms with E-state index in [9.17, 15) is 9.59 Å². The highest BCUT2D eigenvalue weighted by Gasteiger charge is 2.26. The van der Waals surface area contributed by atoms with Crippen molar-refractivity contribution in [2.24, 2.45) is 38.5 Å². The Morgan fingerprint density at radius 1 is 1.10 bits per heavy atom. The molecule has 1 saturated heterocycles. The highest BCUT2D eigenvalue weighted by Crippen LogP contribution is 2.32. The van der Waals surface area contributed by atoms with E-state index in [0.29, 0.717) is 42.5 Å². The van der Waals surface area contributed by atoms with Crippen LogP contribution in [-0.2, 0) is 20.7 Å². The Morgan fingerprint density at radius 2 is 1.78 bits per heavy atom. The predicted octanol–water partition coefficient (Wildman–Crippen LogP) is 4.59. The molecule has 1 aliphatic heterocycles. The average Bonchev–Trinajstić information content (AvgIpc) is 2.99. The summed E-state index contributed by atoms with van der Waals surface area (Å²) in [7, 11) is 1.62. The molecule has 0 bridgehead atoms. The molecule has 9 nitrogen and oxygen atoms in total. The number of guanidine groups is 1. The number of rotatable bonds is 12. The molecule has 1 aromatic carbocycles. The number of hydrogen-bond donors (Lipinski definition) is 3. The van der Waals surface area contributed by atoms with Crippen LogP contribution in [0.4, 0.5) is 0 Å². The third kappa shape index (κ3) is 14.0. The summed E-state index contributed by atoms with van der Waals surface area (Å²) in [6.45, 7) is 9.27. The lowest BCUT2D eigenvalue weighted by Gasteiger charge is -2.27. The fraction of sp³-hybridized carbons (Fsp3) is 0.531. The summed E-state index contributed by atoms with van der Waals surface area (Å²) in [6.07, 6.45) is 13.6. The summed E-state index contributed by atoms with van der Waals surface area (Å²) in [4.78, 5) is 36.1. The molecule has 0 radical (unpaired) electrons. The van der Waals surface area contributed by atoms with Crippen molar-refractivity contribution in [3.63, 3.8) is 0 Å². The van der Waals surface area contributed by atoms with Gasteiger partial charge in [0.05, 0.1) is 6.04 Å². The molecule has 1 aromatic rings. The number of carbonyl (C=O) groups excluding carboxylic acids is 2. The van der Waals surface area contributed by atoms with E-state index < -0.39 is 0 Å². The van der Waals surface area contributed by atoms with Crippen molar-refractivity contribution in [1.29, 1.82) is 0 Å². The van der Waals surface area contributed by atoms with Crippen LogP contribution in [-0.4, -0.2) is 56.4 Å². The molecule has 0 aromatic heterocycles. The van der Waals surface area contributed by atoms with Gasteiger partial charge < -0.3 is 15.9 Å². The Bertz CT molecular complexity index is 1050. The monoisotopic (exact) mass is 564 g/mol. The van der Waals surface area contributed by atoms with Gasteiger partial charge in [-0.15, -0.1) is 0 Å². The predicted molar refractivity (Wildman–Crippen MR) is 168 cm³/mol.